The predicted molar refractivity (Wildman–Crippen MR) is 133 cm³/mol. The van der Waals surface area contributed by atoms with Crippen LogP contribution in [-0.2, 0) is 11.2 Å². The van der Waals surface area contributed by atoms with E-state index in [4.69, 9.17) is 9.47 Å². The molecule has 2 atom stereocenters. The van der Waals surface area contributed by atoms with E-state index in [2.05, 4.69) is 41.7 Å². The van der Waals surface area contributed by atoms with Crippen molar-refractivity contribution in [3.05, 3.63) is 94.4 Å². The van der Waals surface area contributed by atoms with Crippen molar-refractivity contribution in [1.82, 2.24) is 5.32 Å². The largest absolute Gasteiger partial charge is 0.488 e. The molecule has 0 heterocycles. The van der Waals surface area contributed by atoms with Crippen molar-refractivity contribution >= 4 is 6.09 Å². The van der Waals surface area contributed by atoms with Crippen LogP contribution in [0.15, 0.2) is 78.0 Å². The average Bonchev–Trinajstić information content (AvgIpc) is 3.16. The summed E-state index contributed by atoms with van der Waals surface area (Å²) in [5.41, 5.74) is 5.84. The van der Waals surface area contributed by atoms with Crippen molar-refractivity contribution in [2.45, 2.75) is 32.3 Å². The number of ether oxygens (including phenoxy) is 2. The molecule has 3 aromatic rings. The van der Waals surface area contributed by atoms with Gasteiger partial charge in [-0.1, -0.05) is 78.8 Å². The quantitative estimate of drug-likeness (QED) is 0.382. The summed E-state index contributed by atoms with van der Waals surface area (Å²) in [5.74, 6) is 0.957. The number of amides is 1. The van der Waals surface area contributed by atoms with Gasteiger partial charge in [0, 0.05) is 12.5 Å². The molecule has 4 rings (SSSR count). The number of fused-ring (bicyclic) bond motifs is 3. The molecular weight excluding hydrogens is 428 g/mol. The highest BCUT2D eigenvalue weighted by molar-refractivity contribution is 5.79. The molecule has 6 nitrogen and oxygen atoms in total. The molecule has 0 aliphatic heterocycles. The zero-order chi connectivity index (χ0) is 23.9. The van der Waals surface area contributed by atoms with E-state index in [9.17, 15) is 9.70 Å². The Labute approximate surface area is 200 Å². The zero-order valence-electron chi connectivity index (χ0n) is 19.6. The van der Waals surface area contributed by atoms with Gasteiger partial charge in [0.05, 0.1) is 0 Å². The maximum Gasteiger partial charge on any atom is 0.407 e. The van der Waals surface area contributed by atoms with Gasteiger partial charge in [0.15, 0.2) is 0 Å². The lowest BCUT2D eigenvalue weighted by Gasteiger charge is -2.18. The molecule has 0 bridgehead atoms. The first kappa shape index (κ1) is 23.5. The fraction of sp³-hybridized carbons (Fsp3) is 0.321. The third-order valence-corrected chi connectivity index (χ3v) is 6.14. The molecule has 0 saturated heterocycles. The number of nitroso groups, excluding NO2 is 1. The van der Waals surface area contributed by atoms with Crippen LogP contribution in [0.1, 0.15) is 36.5 Å². The highest BCUT2D eigenvalue weighted by atomic mass is 16.5. The lowest BCUT2D eigenvalue weighted by atomic mass is 9.98. The number of nitrogens with zero attached hydrogens (tertiary/aromatic N) is 1. The number of para-hydroxylation sites is 1. The standard InChI is InChI=1S/C28H30N2O4/c1-19(15-21-9-3-8-14-27(21)34-20(2)17-30-32)16-29-28(31)33-18-26-24-12-6-4-10-22(24)23-11-5-7-13-25(23)26/h3-14,19-20,26H,15-18H2,1-2H3,(H,29,31)/t19-,20+/m0/s1. The van der Waals surface area contributed by atoms with Gasteiger partial charge in [-0.2, -0.15) is 4.91 Å². The van der Waals surface area contributed by atoms with Crippen LogP contribution in [0.2, 0.25) is 0 Å². The van der Waals surface area contributed by atoms with Crippen molar-refractivity contribution in [1.29, 1.82) is 0 Å². The Hall–Kier alpha value is -3.67. The van der Waals surface area contributed by atoms with E-state index in [0.717, 1.165) is 17.7 Å². The lowest BCUT2D eigenvalue weighted by molar-refractivity contribution is 0.141. The summed E-state index contributed by atoms with van der Waals surface area (Å²) in [6.45, 7) is 4.77. The second-order valence-electron chi connectivity index (χ2n) is 8.86. The summed E-state index contributed by atoms with van der Waals surface area (Å²) < 4.78 is 11.5. The van der Waals surface area contributed by atoms with Crippen LogP contribution < -0.4 is 10.1 Å². The third-order valence-electron chi connectivity index (χ3n) is 6.14. The molecule has 1 N–H and O–H groups in total. The van der Waals surface area contributed by atoms with Crippen LogP contribution in [0.3, 0.4) is 0 Å². The van der Waals surface area contributed by atoms with Crippen LogP contribution in [0.4, 0.5) is 4.79 Å². The first-order valence-electron chi connectivity index (χ1n) is 11.7. The molecule has 34 heavy (non-hydrogen) atoms. The van der Waals surface area contributed by atoms with Crippen molar-refractivity contribution in [3.63, 3.8) is 0 Å². The number of hydrogen-bond acceptors (Lipinski definition) is 5. The van der Waals surface area contributed by atoms with Crippen molar-refractivity contribution in [2.75, 3.05) is 19.7 Å². The molecule has 0 spiro atoms. The number of alkyl carbamates (subject to hydrolysis) is 1. The fourth-order valence-corrected chi connectivity index (χ4v) is 4.50. The fourth-order valence-electron chi connectivity index (χ4n) is 4.50. The van der Waals surface area contributed by atoms with Gasteiger partial charge in [-0.05, 0) is 53.1 Å². The van der Waals surface area contributed by atoms with E-state index in [1.165, 1.54) is 22.3 Å². The Morgan fingerprint density at radius 2 is 1.56 bits per heavy atom. The number of carbonyl (C=O) groups excluding carboxylic acids is 1. The molecule has 0 fully saturated rings. The van der Waals surface area contributed by atoms with Crippen LogP contribution in [0, 0.1) is 10.8 Å². The zero-order valence-corrected chi connectivity index (χ0v) is 19.6. The number of hydrogen-bond donors (Lipinski definition) is 1. The average molecular weight is 459 g/mol. The topological polar surface area (TPSA) is 77.0 Å². The minimum Gasteiger partial charge on any atom is -0.488 e. The Bertz CT molecular complexity index is 1100. The van der Waals surface area contributed by atoms with E-state index < -0.39 is 6.09 Å². The highest BCUT2D eigenvalue weighted by Gasteiger charge is 2.29. The summed E-state index contributed by atoms with van der Waals surface area (Å²) >= 11 is 0. The van der Waals surface area contributed by atoms with Gasteiger partial charge in [0.2, 0.25) is 0 Å². The highest BCUT2D eigenvalue weighted by Crippen LogP contribution is 2.44. The van der Waals surface area contributed by atoms with Crippen LogP contribution in [0.5, 0.6) is 5.75 Å². The molecule has 6 heteroatoms. The maximum absolute atomic E-state index is 12.5. The third kappa shape index (κ3) is 5.45. The SMILES string of the molecule is C[C@H](CNC(=O)OCC1c2ccccc2-c2ccccc21)Cc1ccccc1O[C@H](C)CN=O. The molecule has 0 aromatic heterocycles. The monoisotopic (exact) mass is 458 g/mol. The van der Waals surface area contributed by atoms with Gasteiger partial charge in [-0.25, -0.2) is 4.79 Å². The van der Waals surface area contributed by atoms with Gasteiger partial charge >= 0.3 is 6.09 Å². The van der Waals surface area contributed by atoms with Crippen LogP contribution in [-0.4, -0.2) is 31.9 Å². The summed E-state index contributed by atoms with van der Waals surface area (Å²) in [4.78, 5) is 23.0. The van der Waals surface area contributed by atoms with Gasteiger partial charge in [-0.3, -0.25) is 0 Å². The van der Waals surface area contributed by atoms with E-state index in [0.29, 0.717) is 13.2 Å². The van der Waals surface area contributed by atoms with Crippen LogP contribution in [0.25, 0.3) is 11.1 Å². The first-order chi connectivity index (χ1) is 16.6. The summed E-state index contributed by atoms with van der Waals surface area (Å²) in [7, 11) is 0. The first-order valence-corrected chi connectivity index (χ1v) is 11.7. The normalized spacial score (nSPS) is 13.9. The Balaban J connectivity index is 1.30. The molecular formula is C28H30N2O4. The van der Waals surface area contributed by atoms with E-state index in [1.54, 1.807) is 0 Å². The summed E-state index contributed by atoms with van der Waals surface area (Å²) in [6, 6.07) is 24.3. The van der Waals surface area contributed by atoms with Gasteiger partial charge in [0.25, 0.3) is 0 Å². The van der Waals surface area contributed by atoms with E-state index >= 15 is 0 Å². The van der Waals surface area contributed by atoms with Crippen molar-refractivity contribution in [3.8, 4) is 16.9 Å². The molecule has 1 amide bonds. The molecule has 1 aliphatic rings. The van der Waals surface area contributed by atoms with Crippen molar-refractivity contribution in [2.24, 2.45) is 11.1 Å². The molecule has 176 valence electrons. The molecule has 0 unspecified atom stereocenters. The second kappa shape index (κ2) is 11.0. The van der Waals surface area contributed by atoms with Crippen molar-refractivity contribution < 1.29 is 14.3 Å². The molecule has 1 aliphatic carbocycles. The Kier molecular flexibility index (Phi) is 7.58. The minimum atomic E-state index is -0.413. The number of nitrogens with one attached hydrogen (secondary N) is 1. The Morgan fingerprint density at radius 1 is 0.941 bits per heavy atom. The van der Waals surface area contributed by atoms with Gasteiger partial charge in [-0.15, -0.1) is 0 Å². The smallest absolute Gasteiger partial charge is 0.407 e. The van der Waals surface area contributed by atoms with E-state index in [1.807, 2.05) is 55.5 Å². The van der Waals surface area contributed by atoms with Gasteiger partial charge in [0.1, 0.15) is 25.0 Å². The number of rotatable bonds is 10. The summed E-state index contributed by atoms with van der Waals surface area (Å²) in [6.07, 6.45) is 0.0259. The molecule has 3 aromatic carbocycles. The maximum atomic E-state index is 12.5. The number of benzene rings is 3. The van der Waals surface area contributed by atoms with Crippen LogP contribution >= 0.6 is 0 Å². The Morgan fingerprint density at radius 3 is 2.24 bits per heavy atom. The molecule has 0 radical (unpaired) electrons. The lowest BCUT2D eigenvalue weighted by Crippen LogP contribution is -2.30. The minimum absolute atomic E-state index is 0.0439. The van der Waals surface area contributed by atoms with Gasteiger partial charge < -0.3 is 14.8 Å². The van der Waals surface area contributed by atoms with E-state index in [-0.39, 0.29) is 24.5 Å². The second-order valence-corrected chi connectivity index (χ2v) is 8.86. The molecule has 0 saturated carbocycles. The predicted octanol–water partition coefficient (Wildman–Crippen LogP) is 5.94. The summed E-state index contributed by atoms with van der Waals surface area (Å²) in [5, 5.41) is 5.80. The number of carbonyl (C=O) groups is 1.